The second-order valence-electron chi connectivity index (χ2n) is 8.17. The first-order valence-corrected chi connectivity index (χ1v) is 9.15. The lowest BCUT2D eigenvalue weighted by Gasteiger charge is -2.35. The number of hydrogen-bond donors (Lipinski definition) is 2. The first kappa shape index (κ1) is 23.0. The van der Waals surface area contributed by atoms with Crippen LogP contribution in [0.25, 0.3) is 0 Å². The molecule has 0 aliphatic carbocycles. The van der Waals surface area contributed by atoms with Gasteiger partial charge in [0.25, 0.3) is 0 Å². The van der Waals surface area contributed by atoms with Gasteiger partial charge in [0.15, 0.2) is 5.12 Å². The summed E-state index contributed by atoms with van der Waals surface area (Å²) in [6.45, 7) is 11.8. The Balaban J connectivity index is 5.09. The Kier molecular flexibility index (Phi) is 9.11. The Morgan fingerprint density at radius 2 is 1.62 bits per heavy atom. The van der Waals surface area contributed by atoms with Crippen LogP contribution in [0.15, 0.2) is 0 Å². The maximum Gasteiger partial charge on any atom is 0.303 e. The third-order valence-corrected chi connectivity index (χ3v) is 4.94. The molecule has 0 aromatic rings. The van der Waals surface area contributed by atoms with Crippen molar-refractivity contribution in [1.29, 1.82) is 0 Å². The molecule has 0 aliphatic heterocycles. The van der Waals surface area contributed by atoms with Crippen molar-refractivity contribution < 1.29 is 19.5 Å². The molecular formula is C17H30BNO4S. The predicted octanol–water partition coefficient (Wildman–Crippen LogP) is 2.89. The summed E-state index contributed by atoms with van der Waals surface area (Å²) in [5, 5.41) is 11.8. The topological polar surface area (TPSA) is 83.5 Å². The van der Waals surface area contributed by atoms with E-state index in [0.29, 0.717) is 5.75 Å². The van der Waals surface area contributed by atoms with E-state index in [1.54, 1.807) is 0 Å². The average Bonchev–Trinajstić information content (AvgIpc) is 2.39. The Morgan fingerprint density at radius 3 is 2.00 bits per heavy atom. The van der Waals surface area contributed by atoms with Crippen molar-refractivity contribution in [3.05, 3.63) is 0 Å². The monoisotopic (exact) mass is 355 g/mol. The van der Waals surface area contributed by atoms with Gasteiger partial charge in [-0.1, -0.05) is 53.3 Å². The minimum Gasteiger partial charge on any atom is -0.481 e. The molecule has 1 amide bonds. The lowest BCUT2D eigenvalue weighted by Crippen LogP contribution is -2.49. The third kappa shape index (κ3) is 8.76. The van der Waals surface area contributed by atoms with E-state index >= 15 is 0 Å². The molecule has 5 nitrogen and oxygen atoms in total. The number of rotatable bonds is 8. The Hall–Kier alpha value is -0.975. The summed E-state index contributed by atoms with van der Waals surface area (Å²) in [4.78, 5) is 35.1. The summed E-state index contributed by atoms with van der Waals surface area (Å²) in [6, 6.07) is -0.208. The standard InChI is InChI=1S/C17H30BNO4S/c1-16(2,3)11(7-8-13(20)21)15(23)19-12(17(4,5)6)10-24-14(22)9-18/h11-12H,7-10H2,1-6H3,(H,19,23)(H,20,21)/t11?,12-/m0/s1. The van der Waals surface area contributed by atoms with Crippen LogP contribution in [0.5, 0.6) is 0 Å². The molecule has 0 aliphatic rings. The highest BCUT2D eigenvalue weighted by Gasteiger charge is 2.35. The largest absolute Gasteiger partial charge is 0.481 e. The van der Waals surface area contributed by atoms with Crippen molar-refractivity contribution in [3.63, 3.8) is 0 Å². The quantitative estimate of drug-likeness (QED) is 0.654. The third-order valence-electron chi connectivity index (χ3n) is 3.95. The highest BCUT2D eigenvalue weighted by molar-refractivity contribution is 8.13. The van der Waals surface area contributed by atoms with E-state index in [-0.39, 0.29) is 47.1 Å². The van der Waals surface area contributed by atoms with E-state index in [1.165, 1.54) is 0 Å². The molecule has 0 saturated carbocycles. The van der Waals surface area contributed by atoms with Gasteiger partial charge in [0.2, 0.25) is 5.91 Å². The van der Waals surface area contributed by atoms with Crippen molar-refractivity contribution in [1.82, 2.24) is 5.32 Å². The maximum absolute atomic E-state index is 12.8. The summed E-state index contributed by atoms with van der Waals surface area (Å²) in [7, 11) is 5.33. The fourth-order valence-corrected chi connectivity index (χ4v) is 3.29. The molecule has 0 heterocycles. The van der Waals surface area contributed by atoms with Crippen molar-refractivity contribution in [2.45, 2.75) is 66.7 Å². The molecule has 0 aromatic carbocycles. The molecule has 0 aromatic heterocycles. The minimum atomic E-state index is -0.909. The molecular weight excluding hydrogens is 325 g/mol. The average molecular weight is 355 g/mol. The molecule has 0 rings (SSSR count). The number of aliphatic carboxylic acids is 1. The molecule has 0 bridgehead atoms. The first-order chi connectivity index (χ1) is 10.8. The van der Waals surface area contributed by atoms with E-state index in [0.717, 1.165) is 11.8 Å². The predicted molar refractivity (Wildman–Crippen MR) is 99.2 cm³/mol. The van der Waals surface area contributed by atoms with Crippen LogP contribution in [0, 0.1) is 16.7 Å². The number of hydrogen-bond acceptors (Lipinski definition) is 4. The summed E-state index contributed by atoms with van der Waals surface area (Å²) in [6.07, 6.45) is 0.213. The molecule has 0 spiro atoms. The lowest BCUT2D eigenvalue weighted by molar-refractivity contribution is -0.138. The van der Waals surface area contributed by atoms with Gasteiger partial charge in [-0.05, 0) is 23.6 Å². The van der Waals surface area contributed by atoms with Gasteiger partial charge in [0.05, 0.1) is 7.85 Å². The zero-order valence-electron chi connectivity index (χ0n) is 15.6. The van der Waals surface area contributed by atoms with Crippen LogP contribution in [-0.4, -0.2) is 41.7 Å². The van der Waals surface area contributed by atoms with Gasteiger partial charge in [0.1, 0.15) is 0 Å². The van der Waals surface area contributed by atoms with Gasteiger partial charge < -0.3 is 10.4 Å². The molecule has 136 valence electrons. The van der Waals surface area contributed by atoms with E-state index < -0.39 is 11.9 Å². The molecule has 24 heavy (non-hydrogen) atoms. The fraction of sp³-hybridized carbons (Fsp3) is 0.824. The normalized spacial score (nSPS) is 14.8. The van der Waals surface area contributed by atoms with Crippen molar-refractivity contribution in [2.75, 3.05) is 5.75 Å². The van der Waals surface area contributed by atoms with Crippen molar-refractivity contribution >= 4 is 36.6 Å². The molecule has 0 saturated heterocycles. The lowest BCUT2D eigenvalue weighted by atomic mass is 9.77. The van der Waals surface area contributed by atoms with Crippen LogP contribution in [-0.2, 0) is 14.4 Å². The van der Waals surface area contributed by atoms with Gasteiger partial charge in [-0.3, -0.25) is 14.4 Å². The number of carbonyl (C=O) groups is 3. The van der Waals surface area contributed by atoms with Crippen molar-refractivity contribution in [3.8, 4) is 0 Å². The number of nitrogens with one attached hydrogen (secondary N) is 1. The van der Waals surface area contributed by atoms with Crippen LogP contribution in [0.2, 0.25) is 6.32 Å². The van der Waals surface area contributed by atoms with E-state index in [1.807, 2.05) is 41.5 Å². The Bertz CT molecular complexity index is 454. The summed E-state index contributed by atoms with van der Waals surface area (Å²) < 4.78 is 0. The van der Waals surface area contributed by atoms with Crippen LogP contribution in [0.3, 0.4) is 0 Å². The molecule has 0 fully saturated rings. The molecule has 1 unspecified atom stereocenters. The number of amides is 1. The van der Waals surface area contributed by atoms with Gasteiger partial charge >= 0.3 is 5.97 Å². The molecule has 2 radical (unpaired) electrons. The smallest absolute Gasteiger partial charge is 0.303 e. The number of carboxylic acids is 1. The highest BCUT2D eigenvalue weighted by atomic mass is 32.2. The van der Waals surface area contributed by atoms with Gasteiger partial charge in [-0.2, -0.15) is 0 Å². The van der Waals surface area contributed by atoms with Gasteiger partial charge in [-0.25, -0.2) is 0 Å². The second-order valence-corrected chi connectivity index (χ2v) is 9.24. The van der Waals surface area contributed by atoms with Gasteiger partial charge in [-0.15, -0.1) is 0 Å². The molecule has 7 heteroatoms. The highest BCUT2D eigenvalue weighted by Crippen LogP contribution is 2.31. The van der Waals surface area contributed by atoms with E-state index in [2.05, 4.69) is 5.32 Å². The number of thioether (sulfide) groups is 1. The minimum absolute atomic E-state index is 0.0291. The van der Waals surface area contributed by atoms with E-state index in [4.69, 9.17) is 13.0 Å². The first-order valence-electron chi connectivity index (χ1n) is 8.17. The Labute approximate surface area is 151 Å². The summed E-state index contributed by atoms with van der Waals surface area (Å²) in [5.74, 6) is -1.03. The van der Waals surface area contributed by atoms with Crippen LogP contribution >= 0.6 is 11.8 Å². The second kappa shape index (κ2) is 9.49. The number of carbonyl (C=O) groups excluding carboxylic acids is 2. The van der Waals surface area contributed by atoms with Crippen LogP contribution in [0.1, 0.15) is 54.4 Å². The summed E-state index contributed by atoms with van der Waals surface area (Å²) in [5.41, 5.74) is -0.574. The summed E-state index contributed by atoms with van der Waals surface area (Å²) >= 11 is 1.12. The van der Waals surface area contributed by atoms with E-state index in [9.17, 15) is 14.4 Å². The van der Waals surface area contributed by atoms with Crippen LogP contribution in [0.4, 0.5) is 0 Å². The van der Waals surface area contributed by atoms with Gasteiger partial charge in [0, 0.05) is 24.1 Å². The SMILES string of the molecule is [B]CC(=O)SC[C@H](NC(=O)C(CCC(=O)O)C(C)(C)C)C(C)(C)C. The maximum atomic E-state index is 12.8. The zero-order chi connectivity index (χ0) is 19.1. The Morgan fingerprint density at radius 1 is 1.08 bits per heavy atom. The fourth-order valence-electron chi connectivity index (χ4n) is 2.24. The molecule has 2 N–H and O–H groups in total. The van der Waals surface area contributed by atoms with Crippen molar-refractivity contribution in [2.24, 2.45) is 16.7 Å². The zero-order valence-corrected chi connectivity index (χ0v) is 16.5. The molecule has 2 atom stereocenters. The van der Waals surface area contributed by atoms with Crippen LogP contribution < -0.4 is 5.32 Å². The number of carboxylic acid groups (broad SMARTS) is 1.